The molecule has 122 valence electrons. The van der Waals surface area contributed by atoms with Crippen molar-refractivity contribution in [1.82, 2.24) is 9.88 Å². The Hall–Kier alpha value is -1.62. The van der Waals surface area contributed by atoms with Gasteiger partial charge in [0.2, 0.25) is 0 Å². The van der Waals surface area contributed by atoms with Crippen molar-refractivity contribution in [2.75, 3.05) is 19.7 Å². The lowest BCUT2D eigenvalue weighted by Gasteiger charge is -2.28. The van der Waals surface area contributed by atoms with Crippen molar-refractivity contribution >= 4 is 11.7 Å². The Morgan fingerprint density at radius 1 is 1.32 bits per heavy atom. The molecule has 0 bridgehead atoms. The summed E-state index contributed by atoms with van der Waals surface area (Å²) in [6.45, 7) is 8.83. The molecule has 0 aliphatic heterocycles. The zero-order valence-corrected chi connectivity index (χ0v) is 14.0. The SMILES string of the molecule is CCCN(CCO)C(=O)c1[nH]c2c(c1C)C(=O)CC(C)(C)C2. The number of fused-ring (bicyclic) bond motifs is 1. The van der Waals surface area contributed by atoms with Crippen LogP contribution in [0.15, 0.2) is 0 Å². The number of aliphatic hydroxyl groups is 1. The second kappa shape index (κ2) is 6.24. The number of nitrogens with zero attached hydrogens (tertiary/aromatic N) is 1. The van der Waals surface area contributed by atoms with Crippen molar-refractivity contribution in [3.05, 3.63) is 22.5 Å². The van der Waals surface area contributed by atoms with Crippen LogP contribution in [-0.2, 0) is 6.42 Å². The number of aromatic nitrogens is 1. The van der Waals surface area contributed by atoms with Crippen LogP contribution in [0, 0.1) is 12.3 Å². The average molecular weight is 306 g/mol. The molecule has 5 nitrogen and oxygen atoms in total. The van der Waals surface area contributed by atoms with Crippen molar-refractivity contribution in [2.45, 2.75) is 47.0 Å². The predicted octanol–water partition coefficient (Wildman–Crippen LogP) is 2.32. The summed E-state index contributed by atoms with van der Waals surface area (Å²) in [6, 6.07) is 0. The molecule has 5 heteroatoms. The predicted molar refractivity (Wildman–Crippen MR) is 85.2 cm³/mol. The zero-order valence-electron chi connectivity index (χ0n) is 14.0. The summed E-state index contributed by atoms with van der Waals surface area (Å²) >= 11 is 0. The number of H-pyrrole nitrogens is 1. The fourth-order valence-corrected chi connectivity index (χ4v) is 3.31. The smallest absolute Gasteiger partial charge is 0.270 e. The molecule has 1 aromatic heterocycles. The lowest BCUT2D eigenvalue weighted by molar-refractivity contribution is 0.0715. The van der Waals surface area contributed by atoms with Gasteiger partial charge in [0, 0.05) is 30.8 Å². The molecule has 0 fully saturated rings. The van der Waals surface area contributed by atoms with Crippen molar-refractivity contribution < 1.29 is 14.7 Å². The van der Waals surface area contributed by atoms with Gasteiger partial charge in [0.05, 0.1) is 6.61 Å². The minimum absolute atomic E-state index is 0.0584. The van der Waals surface area contributed by atoms with Gasteiger partial charge in [0.15, 0.2) is 5.78 Å². The van der Waals surface area contributed by atoms with Gasteiger partial charge in [-0.2, -0.15) is 0 Å². The molecule has 0 saturated carbocycles. The summed E-state index contributed by atoms with van der Waals surface area (Å²) < 4.78 is 0. The first-order chi connectivity index (χ1) is 10.3. The van der Waals surface area contributed by atoms with Gasteiger partial charge in [-0.1, -0.05) is 20.8 Å². The standard InChI is InChI=1S/C17H26N2O3/c1-5-6-19(7-8-20)16(22)15-11(2)14-12(18-15)9-17(3,4)10-13(14)21/h18,20H,5-10H2,1-4H3. The fourth-order valence-electron chi connectivity index (χ4n) is 3.31. The maximum atomic E-state index is 12.7. The number of carbonyl (C=O) groups is 2. The van der Waals surface area contributed by atoms with Gasteiger partial charge in [-0.3, -0.25) is 9.59 Å². The molecular weight excluding hydrogens is 280 g/mol. The van der Waals surface area contributed by atoms with Crippen LogP contribution >= 0.6 is 0 Å². The summed E-state index contributed by atoms with van der Waals surface area (Å²) in [5, 5.41) is 9.14. The van der Waals surface area contributed by atoms with Crippen molar-refractivity contribution in [3.63, 3.8) is 0 Å². The first-order valence-electron chi connectivity index (χ1n) is 7.95. The Morgan fingerprint density at radius 3 is 2.59 bits per heavy atom. The van der Waals surface area contributed by atoms with Crippen LogP contribution in [0.5, 0.6) is 0 Å². The maximum absolute atomic E-state index is 12.7. The summed E-state index contributed by atoms with van der Waals surface area (Å²) in [5.41, 5.74) is 2.75. The number of nitrogens with one attached hydrogen (secondary N) is 1. The van der Waals surface area contributed by atoms with E-state index >= 15 is 0 Å². The Morgan fingerprint density at radius 2 is 2.00 bits per heavy atom. The minimum Gasteiger partial charge on any atom is -0.395 e. The number of ketones is 1. The fraction of sp³-hybridized carbons (Fsp3) is 0.647. The van der Waals surface area contributed by atoms with E-state index < -0.39 is 0 Å². The molecule has 2 N–H and O–H groups in total. The average Bonchev–Trinajstić information content (AvgIpc) is 2.73. The highest BCUT2D eigenvalue weighted by Crippen LogP contribution is 2.36. The molecule has 1 aliphatic carbocycles. The number of aliphatic hydroxyl groups excluding tert-OH is 1. The number of aromatic amines is 1. The molecule has 0 aromatic carbocycles. The number of amides is 1. The van der Waals surface area contributed by atoms with E-state index in [0.29, 0.717) is 30.8 Å². The third-order valence-electron chi connectivity index (χ3n) is 4.27. The van der Waals surface area contributed by atoms with Crippen LogP contribution in [0.2, 0.25) is 0 Å². The van der Waals surface area contributed by atoms with E-state index in [1.807, 2.05) is 13.8 Å². The molecule has 1 heterocycles. The van der Waals surface area contributed by atoms with Crippen LogP contribution in [0.1, 0.15) is 65.7 Å². The van der Waals surface area contributed by atoms with Gasteiger partial charge in [-0.15, -0.1) is 0 Å². The Bertz CT molecular complexity index is 581. The van der Waals surface area contributed by atoms with Gasteiger partial charge < -0.3 is 15.0 Å². The summed E-state index contributed by atoms with van der Waals surface area (Å²) in [7, 11) is 0. The molecule has 1 aliphatic rings. The van der Waals surface area contributed by atoms with Gasteiger partial charge in [-0.25, -0.2) is 0 Å². The molecule has 2 rings (SSSR count). The first-order valence-corrected chi connectivity index (χ1v) is 7.95. The first kappa shape index (κ1) is 16.7. The molecule has 22 heavy (non-hydrogen) atoms. The quantitative estimate of drug-likeness (QED) is 0.877. The topological polar surface area (TPSA) is 73.4 Å². The van der Waals surface area contributed by atoms with Crippen molar-refractivity contribution in [1.29, 1.82) is 0 Å². The normalized spacial score (nSPS) is 16.5. The second-order valence-corrected chi connectivity index (χ2v) is 6.94. The van der Waals surface area contributed by atoms with Crippen LogP contribution in [0.4, 0.5) is 0 Å². The lowest BCUT2D eigenvalue weighted by Crippen LogP contribution is -2.34. The number of carbonyl (C=O) groups excluding carboxylic acids is 2. The highest BCUT2D eigenvalue weighted by molar-refractivity contribution is 6.04. The van der Waals surface area contributed by atoms with Crippen molar-refractivity contribution in [3.8, 4) is 0 Å². The molecule has 0 unspecified atom stereocenters. The second-order valence-electron chi connectivity index (χ2n) is 6.94. The van der Waals surface area contributed by atoms with Crippen LogP contribution in [0.25, 0.3) is 0 Å². The van der Waals surface area contributed by atoms with E-state index in [2.05, 4.69) is 18.8 Å². The number of hydrogen-bond acceptors (Lipinski definition) is 3. The summed E-state index contributed by atoms with van der Waals surface area (Å²) in [6.07, 6.45) is 2.12. The molecule has 1 amide bonds. The Kier molecular flexibility index (Phi) is 4.75. The van der Waals surface area contributed by atoms with E-state index in [4.69, 9.17) is 5.11 Å². The van der Waals surface area contributed by atoms with Gasteiger partial charge in [0.25, 0.3) is 5.91 Å². The van der Waals surface area contributed by atoms with E-state index in [1.54, 1.807) is 4.90 Å². The molecule has 0 saturated heterocycles. The monoisotopic (exact) mass is 306 g/mol. The molecular formula is C17H26N2O3. The maximum Gasteiger partial charge on any atom is 0.270 e. The third-order valence-corrected chi connectivity index (χ3v) is 4.27. The zero-order chi connectivity index (χ0) is 16.5. The van der Waals surface area contributed by atoms with Gasteiger partial charge in [-0.05, 0) is 30.7 Å². The van der Waals surface area contributed by atoms with Gasteiger partial charge >= 0.3 is 0 Å². The molecule has 0 radical (unpaired) electrons. The number of rotatable bonds is 5. The largest absolute Gasteiger partial charge is 0.395 e. The van der Waals surface area contributed by atoms with Gasteiger partial charge in [0.1, 0.15) is 5.69 Å². The summed E-state index contributed by atoms with van der Waals surface area (Å²) in [5.74, 6) is -0.0170. The van der Waals surface area contributed by atoms with E-state index in [0.717, 1.165) is 24.1 Å². The van der Waals surface area contributed by atoms with Crippen LogP contribution in [0.3, 0.4) is 0 Å². The molecule has 0 atom stereocenters. The highest BCUT2D eigenvalue weighted by atomic mass is 16.3. The third kappa shape index (κ3) is 3.09. The van der Waals surface area contributed by atoms with Crippen LogP contribution < -0.4 is 0 Å². The van der Waals surface area contributed by atoms with E-state index in [1.165, 1.54) is 0 Å². The highest BCUT2D eigenvalue weighted by Gasteiger charge is 2.35. The summed E-state index contributed by atoms with van der Waals surface area (Å²) in [4.78, 5) is 29.9. The Balaban J connectivity index is 2.38. The Labute approximate surface area is 131 Å². The van der Waals surface area contributed by atoms with Crippen LogP contribution in [-0.4, -0.2) is 46.4 Å². The number of hydrogen-bond donors (Lipinski definition) is 2. The van der Waals surface area contributed by atoms with E-state index in [9.17, 15) is 9.59 Å². The lowest BCUT2D eigenvalue weighted by atomic mass is 9.75. The van der Waals surface area contributed by atoms with E-state index in [-0.39, 0.29) is 23.7 Å². The molecule has 1 aromatic rings. The molecule has 0 spiro atoms. The minimum atomic E-state index is -0.131. The number of Topliss-reactive ketones (excluding diaryl/α,β-unsaturated/α-hetero) is 1. The van der Waals surface area contributed by atoms with Crippen molar-refractivity contribution in [2.24, 2.45) is 5.41 Å².